The number of rotatable bonds is 6. The third kappa shape index (κ3) is 5.38. The van der Waals surface area contributed by atoms with E-state index in [1.807, 2.05) is 13.8 Å². The molecule has 0 rings (SSSR count). The van der Waals surface area contributed by atoms with Crippen molar-refractivity contribution in [2.24, 2.45) is 0 Å². The molecular weight excluding hydrogens is 214 g/mol. The predicted molar refractivity (Wildman–Crippen MR) is 63.1 cm³/mol. The molecule has 0 unspecified atom stereocenters. The molecular formula is C11H22ClNO2. The zero-order chi connectivity index (χ0) is 12.1. The van der Waals surface area contributed by atoms with Crippen molar-refractivity contribution in [3.05, 3.63) is 0 Å². The molecule has 0 heterocycles. The number of aliphatic hydroxyl groups is 1. The average molecular weight is 236 g/mol. The Labute approximate surface area is 97.2 Å². The molecule has 0 aromatic heterocycles. The van der Waals surface area contributed by atoms with Crippen molar-refractivity contribution in [3.63, 3.8) is 0 Å². The first kappa shape index (κ1) is 14.7. The lowest BCUT2D eigenvalue weighted by atomic mass is 9.86. The van der Waals surface area contributed by atoms with E-state index in [4.69, 9.17) is 11.6 Å². The minimum Gasteiger partial charge on any atom is -0.388 e. The van der Waals surface area contributed by atoms with E-state index in [0.717, 1.165) is 12.8 Å². The van der Waals surface area contributed by atoms with Crippen molar-refractivity contribution >= 4 is 17.5 Å². The summed E-state index contributed by atoms with van der Waals surface area (Å²) in [6, 6.07) is 0. The van der Waals surface area contributed by atoms with Crippen LogP contribution < -0.4 is 5.32 Å². The molecule has 1 amide bonds. The Balaban J connectivity index is 4.06. The number of amides is 1. The summed E-state index contributed by atoms with van der Waals surface area (Å²) in [5.74, 6) is 0.551. The average Bonchev–Trinajstić information content (AvgIpc) is 2.01. The van der Waals surface area contributed by atoms with Crippen LogP contribution in [0.1, 0.15) is 47.0 Å². The van der Waals surface area contributed by atoms with E-state index in [9.17, 15) is 9.90 Å². The quantitative estimate of drug-likeness (QED) is 0.547. The summed E-state index contributed by atoms with van der Waals surface area (Å²) in [6.07, 6.45) is 2.10. The second-order valence-corrected chi connectivity index (χ2v) is 5.26. The summed E-state index contributed by atoms with van der Waals surface area (Å²) >= 11 is 5.52. The molecule has 0 aromatic rings. The minimum absolute atomic E-state index is 0.0350. The van der Waals surface area contributed by atoms with E-state index in [2.05, 4.69) is 5.32 Å². The fourth-order valence-corrected chi connectivity index (χ4v) is 1.13. The normalized spacial score (nSPS) is 12.7. The molecule has 0 aromatic carbocycles. The van der Waals surface area contributed by atoms with Gasteiger partial charge in [-0.25, -0.2) is 0 Å². The van der Waals surface area contributed by atoms with Gasteiger partial charge < -0.3 is 10.4 Å². The zero-order valence-electron chi connectivity index (χ0n) is 10.1. The van der Waals surface area contributed by atoms with E-state index in [-0.39, 0.29) is 5.91 Å². The molecule has 15 heavy (non-hydrogen) atoms. The first-order valence-electron chi connectivity index (χ1n) is 5.30. The zero-order valence-corrected chi connectivity index (χ0v) is 10.8. The number of nitrogens with one attached hydrogen (secondary N) is 1. The molecule has 4 heteroatoms. The lowest BCUT2D eigenvalue weighted by Crippen LogP contribution is -2.57. The van der Waals surface area contributed by atoms with E-state index in [1.165, 1.54) is 0 Å². The Hall–Kier alpha value is -0.280. The standard InChI is InChI=1S/C11H22ClNO2/c1-10(2,11(3,4)15)13-9(14)7-5-6-8-12/h15H,5-8H2,1-4H3,(H,13,14). The van der Waals surface area contributed by atoms with Crippen molar-refractivity contribution in [1.29, 1.82) is 0 Å². The van der Waals surface area contributed by atoms with Crippen LogP contribution in [-0.4, -0.2) is 28.0 Å². The van der Waals surface area contributed by atoms with Crippen LogP contribution in [0.15, 0.2) is 0 Å². The van der Waals surface area contributed by atoms with Crippen LogP contribution >= 0.6 is 11.6 Å². The lowest BCUT2D eigenvalue weighted by Gasteiger charge is -2.38. The van der Waals surface area contributed by atoms with Crippen LogP contribution in [0.5, 0.6) is 0 Å². The summed E-state index contributed by atoms with van der Waals surface area (Å²) in [7, 11) is 0. The van der Waals surface area contributed by atoms with Gasteiger partial charge >= 0.3 is 0 Å². The Morgan fingerprint density at radius 2 is 1.80 bits per heavy atom. The summed E-state index contributed by atoms with van der Waals surface area (Å²) in [5, 5.41) is 12.7. The molecule has 0 aliphatic carbocycles. The summed E-state index contributed by atoms with van der Waals surface area (Å²) in [4.78, 5) is 11.5. The monoisotopic (exact) mass is 235 g/mol. The molecule has 0 aliphatic heterocycles. The van der Waals surface area contributed by atoms with Crippen molar-refractivity contribution in [2.75, 3.05) is 5.88 Å². The van der Waals surface area contributed by atoms with E-state index >= 15 is 0 Å². The number of hydrogen-bond acceptors (Lipinski definition) is 2. The fraction of sp³-hybridized carbons (Fsp3) is 0.909. The van der Waals surface area contributed by atoms with Gasteiger partial charge in [0, 0.05) is 12.3 Å². The molecule has 0 aliphatic rings. The highest BCUT2D eigenvalue weighted by atomic mass is 35.5. The number of halogens is 1. The molecule has 3 nitrogen and oxygen atoms in total. The summed E-state index contributed by atoms with van der Waals surface area (Å²) in [6.45, 7) is 7.00. The largest absolute Gasteiger partial charge is 0.388 e. The second-order valence-electron chi connectivity index (χ2n) is 4.88. The van der Waals surface area contributed by atoms with Crippen LogP contribution in [-0.2, 0) is 4.79 Å². The molecule has 2 N–H and O–H groups in total. The highest BCUT2D eigenvalue weighted by Gasteiger charge is 2.35. The van der Waals surface area contributed by atoms with E-state index < -0.39 is 11.1 Å². The molecule has 0 fully saturated rings. The van der Waals surface area contributed by atoms with Crippen LogP contribution in [0.2, 0.25) is 0 Å². The van der Waals surface area contributed by atoms with Gasteiger partial charge in [-0.05, 0) is 40.5 Å². The van der Waals surface area contributed by atoms with Gasteiger partial charge in [0.1, 0.15) is 0 Å². The molecule has 90 valence electrons. The van der Waals surface area contributed by atoms with E-state index in [1.54, 1.807) is 13.8 Å². The summed E-state index contributed by atoms with van der Waals surface area (Å²) in [5.41, 5.74) is -1.56. The van der Waals surface area contributed by atoms with Crippen LogP contribution in [0.25, 0.3) is 0 Å². The van der Waals surface area contributed by atoms with Crippen molar-refractivity contribution in [2.45, 2.75) is 58.1 Å². The molecule has 0 atom stereocenters. The Bertz CT molecular complexity index is 209. The van der Waals surface area contributed by atoms with Crippen LogP contribution in [0.4, 0.5) is 0 Å². The smallest absolute Gasteiger partial charge is 0.220 e. The van der Waals surface area contributed by atoms with Crippen molar-refractivity contribution < 1.29 is 9.90 Å². The first-order valence-corrected chi connectivity index (χ1v) is 5.83. The third-order valence-corrected chi connectivity index (χ3v) is 3.04. The second kappa shape index (κ2) is 5.71. The minimum atomic E-state index is -0.935. The highest BCUT2D eigenvalue weighted by molar-refractivity contribution is 6.17. The topological polar surface area (TPSA) is 49.3 Å². The van der Waals surface area contributed by atoms with Gasteiger partial charge in [-0.1, -0.05) is 0 Å². The molecule has 0 spiro atoms. The maximum atomic E-state index is 11.5. The highest BCUT2D eigenvalue weighted by Crippen LogP contribution is 2.20. The van der Waals surface area contributed by atoms with Gasteiger partial charge in [-0.15, -0.1) is 11.6 Å². The number of alkyl halides is 1. The van der Waals surface area contributed by atoms with Gasteiger partial charge in [0.05, 0.1) is 11.1 Å². The third-order valence-electron chi connectivity index (χ3n) is 2.77. The molecule has 0 saturated heterocycles. The SMILES string of the molecule is CC(C)(O)C(C)(C)NC(=O)CCCCCl. The molecule has 0 radical (unpaired) electrons. The fourth-order valence-electron chi connectivity index (χ4n) is 0.944. The Morgan fingerprint density at radius 3 is 2.20 bits per heavy atom. The van der Waals surface area contributed by atoms with E-state index in [0.29, 0.717) is 12.3 Å². The maximum absolute atomic E-state index is 11.5. The predicted octanol–water partition coefficient (Wildman–Crippen LogP) is 2.06. The number of unbranched alkanes of at least 4 members (excludes halogenated alkanes) is 1. The van der Waals surface area contributed by atoms with Gasteiger partial charge in [0.2, 0.25) is 5.91 Å². The lowest BCUT2D eigenvalue weighted by molar-refractivity contribution is -0.126. The molecule has 0 saturated carbocycles. The van der Waals surface area contributed by atoms with Gasteiger partial charge in [0.15, 0.2) is 0 Å². The first-order chi connectivity index (χ1) is 6.70. The van der Waals surface area contributed by atoms with Gasteiger partial charge in [-0.3, -0.25) is 4.79 Å². The number of carbonyl (C=O) groups is 1. The number of carbonyl (C=O) groups excluding carboxylic acids is 1. The van der Waals surface area contributed by atoms with Gasteiger partial charge in [-0.2, -0.15) is 0 Å². The Kier molecular flexibility index (Phi) is 5.60. The number of hydrogen-bond donors (Lipinski definition) is 2. The molecule has 0 bridgehead atoms. The summed E-state index contributed by atoms with van der Waals surface area (Å²) < 4.78 is 0. The van der Waals surface area contributed by atoms with Crippen molar-refractivity contribution in [3.8, 4) is 0 Å². The Morgan fingerprint density at radius 1 is 1.27 bits per heavy atom. The van der Waals surface area contributed by atoms with Gasteiger partial charge in [0.25, 0.3) is 0 Å². The van der Waals surface area contributed by atoms with Crippen LogP contribution in [0, 0.1) is 0 Å². The van der Waals surface area contributed by atoms with Crippen molar-refractivity contribution in [1.82, 2.24) is 5.32 Å². The maximum Gasteiger partial charge on any atom is 0.220 e. The van der Waals surface area contributed by atoms with Crippen LogP contribution in [0.3, 0.4) is 0 Å².